The molecule has 0 bridgehead atoms. The molecule has 0 heterocycles. The molecular formula is C15H19N3OS. The Morgan fingerprint density at radius 1 is 1.50 bits per heavy atom. The summed E-state index contributed by atoms with van der Waals surface area (Å²) in [6.45, 7) is 1.95. The van der Waals surface area contributed by atoms with Gasteiger partial charge >= 0.3 is 0 Å². The van der Waals surface area contributed by atoms with E-state index >= 15 is 0 Å². The fourth-order valence-electron chi connectivity index (χ4n) is 2.47. The average Bonchev–Trinajstić information content (AvgIpc) is 2.89. The second-order valence-corrected chi connectivity index (χ2v) is 6.24. The summed E-state index contributed by atoms with van der Waals surface area (Å²) >= 11 is 1.42. The molecule has 2 rings (SSSR count). The Balaban J connectivity index is 1.93. The highest BCUT2D eigenvalue weighted by atomic mass is 32.2. The number of carbonyl (C=O) groups excluding carboxylic acids is 1. The van der Waals surface area contributed by atoms with Gasteiger partial charge in [-0.1, -0.05) is 12.1 Å². The van der Waals surface area contributed by atoms with Crippen LogP contribution in [0, 0.1) is 18.3 Å². The van der Waals surface area contributed by atoms with Crippen LogP contribution in [0.2, 0.25) is 0 Å². The van der Waals surface area contributed by atoms with Gasteiger partial charge in [-0.15, -0.1) is 11.8 Å². The molecule has 20 heavy (non-hydrogen) atoms. The minimum absolute atomic E-state index is 0.0978. The summed E-state index contributed by atoms with van der Waals surface area (Å²) in [7, 11) is 0. The third-order valence-electron chi connectivity index (χ3n) is 3.69. The normalized spacial score (nSPS) is 16.6. The van der Waals surface area contributed by atoms with Gasteiger partial charge < -0.3 is 11.1 Å². The van der Waals surface area contributed by atoms with Gasteiger partial charge in [0.2, 0.25) is 5.91 Å². The van der Waals surface area contributed by atoms with Crippen molar-refractivity contribution < 1.29 is 4.79 Å². The number of aryl methyl sites for hydroxylation is 1. The third kappa shape index (κ3) is 3.26. The predicted octanol–water partition coefficient (Wildman–Crippen LogP) is 2.62. The molecule has 0 atom stereocenters. The zero-order valence-electron chi connectivity index (χ0n) is 11.6. The second-order valence-electron chi connectivity index (χ2n) is 5.22. The number of hydrogen-bond acceptors (Lipinski definition) is 4. The number of nitrogens with two attached hydrogens (primary N) is 1. The fraction of sp³-hybridized carbons (Fsp3) is 0.467. The first-order valence-corrected chi connectivity index (χ1v) is 7.75. The number of nitriles is 1. The minimum atomic E-state index is -0.643. The first-order chi connectivity index (χ1) is 9.56. The van der Waals surface area contributed by atoms with Crippen molar-refractivity contribution in [2.24, 2.45) is 0 Å². The number of benzene rings is 1. The van der Waals surface area contributed by atoms with E-state index in [2.05, 4.69) is 11.4 Å². The highest BCUT2D eigenvalue weighted by Crippen LogP contribution is 2.30. The van der Waals surface area contributed by atoms with Crippen molar-refractivity contribution in [3.05, 3.63) is 23.8 Å². The standard InChI is InChI=1S/C15H19N3OS/c1-11-5-4-6-12(14(11)17)20-9-13(19)18-15(10-16)7-2-3-8-15/h4-6H,2-3,7-9,17H2,1H3,(H,18,19). The lowest BCUT2D eigenvalue weighted by Gasteiger charge is -2.21. The van der Waals surface area contributed by atoms with Crippen LogP contribution < -0.4 is 11.1 Å². The summed E-state index contributed by atoms with van der Waals surface area (Å²) in [5, 5.41) is 12.1. The van der Waals surface area contributed by atoms with Crippen LogP contribution in [0.15, 0.2) is 23.1 Å². The molecule has 1 aliphatic carbocycles. The van der Waals surface area contributed by atoms with Crippen LogP contribution in [0.25, 0.3) is 0 Å². The van der Waals surface area contributed by atoms with E-state index in [0.29, 0.717) is 0 Å². The lowest BCUT2D eigenvalue weighted by atomic mass is 10.0. The van der Waals surface area contributed by atoms with Crippen LogP contribution >= 0.6 is 11.8 Å². The molecule has 0 unspecified atom stereocenters. The largest absolute Gasteiger partial charge is 0.398 e. The fourth-order valence-corrected chi connectivity index (χ4v) is 3.32. The smallest absolute Gasteiger partial charge is 0.231 e. The van der Waals surface area contributed by atoms with Crippen molar-refractivity contribution in [1.29, 1.82) is 5.26 Å². The Hall–Kier alpha value is -1.67. The number of hydrogen-bond donors (Lipinski definition) is 2. The monoisotopic (exact) mass is 289 g/mol. The maximum atomic E-state index is 12.0. The summed E-state index contributed by atoms with van der Waals surface area (Å²) in [6, 6.07) is 8.05. The quantitative estimate of drug-likeness (QED) is 0.659. The number of carbonyl (C=O) groups is 1. The zero-order chi connectivity index (χ0) is 14.6. The highest BCUT2D eigenvalue weighted by Gasteiger charge is 2.35. The lowest BCUT2D eigenvalue weighted by Crippen LogP contribution is -2.45. The summed E-state index contributed by atoms with van der Waals surface area (Å²) in [4.78, 5) is 12.9. The summed E-state index contributed by atoms with van der Waals surface area (Å²) in [5.41, 5.74) is 7.07. The van der Waals surface area contributed by atoms with E-state index in [-0.39, 0.29) is 11.7 Å². The van der Waals surface area contributed by atoms with Crippen molar-refractivity contribution in [2.45, 2.75) is 43.0 Å². The van der Waals surface area contributed by atoms with Crippen LogP contribution in [-0.4, -0.2) is 17.2 Å². The van der Waals surface area contributed by atoms with Crippen LogP contribution in [0.4, 0.5) is 5.69 Å². The van der Waals surface area contributed by atoms with Gasteiger partial charge in [0.1, 0.15) is 5.54 Å². The first kappa shape index (κ1) is 14.7. The molecule has 1 aromatic carbocycles. The number of anilines is 1. The molecule has 1 aromatic rings. The molecule has 1 fully saturated rings. The SMILES string of the molecule is Cc1cccc(SCC(=O)NC2(C#N)CCCC2)c1N. The molecular weight excluding hydrogens is 270 g/mol. The minimum Gasteiger partial charge on any atom is -0.398 e. The molecule has 0 radical (unpaired) electrons. The van der Waals surface area contributed by atoms with E-state index in [1.807, 2.05) is 25.1 Å². The topological polar surface area (TPSA) is 78.9 Å². The van der Waals surface area contributed by atoms with Gasteiger partial charge in [-0.25, -0.2) is 0 Å². The second kappa shape index (κ2) is 6.19. The summed E-state index contributed by atoms with van der Waals surface area (Å²) < 4.78 is 0. The van der Waals surface area contributed by atoms with Gasteiger partial charge in [-0.2, -0.15) is 5.26 Å². The van der Waals surface area contributed by atoms with Crippen molar-refractivity contribution in [3.63, 3.8) is 0 Å². The summed E-state index contributed by atoms with van der Waals surface area (Å²) in [5.74, 6) is 0.191. The van der Waals surface area contributed by atoms with E-state index in [1.54, 1.807) is 0 Å². The van der Waals surface area contributed by atoms with Gasteiger partial charge in [-0.05, 0) is 44.2 Å². The van der Waals surface area contributed by atoms with E-state index in [9.17, 15) is 10.1 Å². The van der Waals surface area contributed by atoms with Crippen molar-refractivity contribution in [3.8, 4) is 6.07 Å². The Morgan fingerprint density at radius 2 is 2.20 bits per heavy atom. The van der Waals surface area contributed by atoms with Crippen LogP contribution in [0.5, 0.6) is 0 Å². The van der Waals surface area contributed by atoms with Gasteiger partial charge in [0, 0.05) is 10.6 Å². The van der Waals surface area contributed by atoms with Gasteiger partial charge in [0.15, 0.2) is 0 Å². The number of nitrogens with zero attached hydrogens (tertiary/aromatic N) is 1. The van der Waals surface area contributed by atoms with Crippen molar-refractivity contribution in [1.82, 2.24) is 5.32 Å². The average molecular weight is 289 g/mol. The summed E-state index contributed by atoms with van der Waals surface area (Å²) in [6.07, 6.45) is 3.52. The Morgan fingerprint density at radius 3 is 2.85 bits per heavy atom. The number of nitrogens with one attached hydrogen (secondary N) is 1. The number of nitrogen functional groups attached to an aromatic ring is 1. The van der Waals surface area contributed by atoms with E-state index in [0.717, 1.165) is 41.8 Å². The van der Waals surface area contributed by atoms with E-state index in [1.165, 1.54) is 11.8 Å². The van der Waals surface area contributed by atoms with E-state index < -0.39 is 5.54 Å². The molecule has 0 aliphatic heterocycles. The Labute approximate surface area is 123 Å². The zero-order valence-corrected chi connectivity index (χ0v) is 12.4. The molecule has 0 spiro atoms. The van der Waals surface area contributed by atoms with Crippen LogP contribution in [0.3, 0.4) is 0 Å². The first-order valence-electron chi connectivity index (χ1n) is 6.76. The van der Waals surface area contributed by atoms with Crippen LogP contribution in [0.1, 0.15) is 31.2 Å². The van der Waals surface area contributed by atoms with E-state index in [4.69, 9.17) is 5.73 Å². The molecule has 1 saturated carbocycles. The molecule has 4 nitrogen and oxygen atoms in total. The number of rotatable bonds is 4. The molecule has 1 amide bonds. The molecule has 1 aliphatic rings. The van der Waals surface area contributed by atoms with Crippen molar-refractivity contribution in [2.75, 3.05) is 11.5 Å². The van der Waals surface area contributed by atoms with Crippen LogP contribution in [-0.2, 0) is 4.79 Å². The molecule has 5 heteroatoms. The van der Waals surface area contributed by atoms with Gasteiger partial charge in [0.25, 0.3) is 0 Å². The maximum Gasteiger partial charge on any atom is 0.231 e. The molecule has 106 valence electrons. The Kier molecular flexibility index (Phi) is 4.56. The highest BCUT2D eigenvalue weighted by molar-refractivity contribution is 8.00. The predicted molar refractivity (Wildman–Crippen MR) is 81.3 cm³/mol. The lowest BCUT2D eigenvalue weighted by molar-refractivity contribution is -0.119. The van der Waals surface area contributed by atoms with Crippen molar-refractivity contribution >= 4 is 23.4 Å². The molecule has 3 N–H and O–H groups in total. The molecule has 0 saturated heterocycles. The number of amides is 1. The number of para-hydroxylation sites is 1. The number of thioether (sulfide) groups is 1. The maximum absolute atomic E-state index is 12.0. The Bertz CT molecular complexity index is 545. The van der Waals surface area contributed by atoms with Gasteiger partial charge in [0.05, 0.1) is 11.8 Å². The molecule has 0 aromatic heterocycles. The van der Waals surface area contributed by atoms with Gasteiger partial charge in [-0.3, -0.25) is 4.79 Å². The third-order valence-corrected chi connectivity index (χ3v) is 4.77.